The van der Waals surface area contributed by atoms with E-state index in [1.807, 2.05) is 6.07 Å². The van der Waals surface area contributed by atoms with Crippen molar-refractivity contribution in [1.82, 2.24) is 9.97 Å². The number of hydrogen-bond donors (Lipinski definition) is 1. The number of anilines is 1. The second-order valence-electron chi connectivity index (χ2n) is 5.95. The SMILES string of the molecule is COc1ccc(NC(=O)c2cccc(-c3nc4ncccc4o3)c2)cc1OC. The number of pyridine rings is 1. The second kappa shape index (κ2) is 7.40. The van der Waals surface area contributed by atoms with Crippen molar-refractivity contribution >= 4 is 22.8 Å². The molecule has 0 fully saturated rings. The van der Waals surface area contributed by atoms with Crippen LogP contribution in [0.5, 0.6) is 11.5 Å². The number of amides is 1. The lowest BCUT2D eigenvalue weighted by atomic mass is 10.1. The first-order chi connectivity index (χ1) is 13.7. The summed E-state index contributed by atoms with van der Waals surface area (Å²) < 4.78 is 16.2. The highest BCUT2D eigenvalue weighted by molar-refractivity contribution is 6.05. The number of hydrogen-bond acceptors (Lipinski definition) is 6. The Balaban J connectivity index is 1.59. The maximum absolute atomic E-state index is 12.7. The predicted molar refractivity (Wildman–Crippen MR) is 105 cm³/mol. The number of aromatic nitrogens is 2. The Labute approximate surface area is 160 Å². The van der Waals surface area contributed by atoms with E-state index in [9.17, 15) is 4.79 Å². The zero-order valence-electron chi connectivity index (χ0n) is 15.3. The van der Waals surface area contributed by atoms with Gasteiger partial charge in [0, 0.05) is 29.1 Å². The summed E-state index contributed by atoms with van der Waals surface area (Å²) in [5, 5.41) is 2.85. The van der Waals surface area contributed by atoms with Crippen molar-refractivity contribution in [3.8, 4) is 23.0 Å². The number of fused-ring (bicyclic) bond motifs is 1. The van der Waals surface area contributed by atoms with Crippen molar-refractivity contribution < 1.29 is 18.7 Å². The molecule has 0 saturated carbocycles. The monoisotopic (exact) mass is 375 g/mol. The highest BCUT2D eigenvalue weighted by Gasteiger charge is 2.13. The smallest absolute Gasteiger partial charge is 0.255 e. The first-order valence-corrected chi connectivity index (χ1v) is 8.53. The molecule has 0 spiro atoms. The van der Waals surface area contributed by atoms with Crippen molar-refractivity contribution in [3.05, 3.63) is 66.4 Å². The Morgan fingerprint density at radius 3 is 2.64 bits per heavy atom. The molecule has 0 unspecified atom stereocenters. The zero-order chi connectivity index (χ0) is 19.5. The van der Waals surface area contributed by atoms with Crippen LogP contribution in [0.4, 0.5) is 5.69 Å². The average Bonchev–Trinajstić information content (AvgIpc) is 3.18. The molecule has 0 bridgehead atoms. The van der Waals surface area contributed by atoms with Gasteiger partial charge in [-0.2, -0.15) is 4.98 Å². The topological polar surface area (TPSA) is 86.5 Å². The molecule has 2 aromatic heterocycles. The van der Waals surface area contributed by atoms with E-state index in [1.165, 1.54) is 0 Å². The van der Waals surface area contributed by atoms with E-state index in [0.29, 0.717) is 45.4 Å². The third-order valence-corrected chi connectivity index (χ3v) is 4.18. The minimum Gasteiger partial charge on any atom is -0.493 e. The summed E-state index contributed by atoms with van der Waals surface area (Å²) in [6.45, 7) is 0. The van der Waals surface area contributed by atoms with Crippen molar-refractivity contribution in [2.75, 3.05) is 19.5 Å². The number of nitrogens with zero attached hydrogens (tertiary/aromatic N) is 2. The van der Waals surface area contributed by atoms with E-state index in [2.05, 4.69) is 15.3 Å². The van der Waals surface area contributed by atoms with E-state index < -0.39 is 0 Å². The molecular formula is C21H17N3O4. The van der Waals surface area contributed by atoms with Crippen LogP contribution < -0.4 is 14.8 Å². The van der Waals surface area contributed by atoms with Crippen LogP contribution in [0.2, 0.25) is 0 Å². The fraction of sp³-hybridized carbons (Fsp3) is 0.0952. The molecule has 0 saturated heterocycles. The minimum absolute atomic E-state index is 0.261. The molecule has 1 N–H and O–H groups in total. The molecule has 1 amide bonds. The third kappa shape index (κ3) is 3.37. The number of rotatable bonds is 5. The number of carbonyl (C=O) groups excluding carboxylic acids is 1. The Morgan fingerprint density at radius 1 is 1.00 bits per heavy atom. The number of carbonyl (C=O) groups is 1. The Hall–Kier alpha value is -3.87. The largest absolute Gasteiger partial charge is 0.493 e. The maximum atomic E-state index is 12.7. The first kappa shape index (κ1) is 17.5. The van der Waals surface area contributed by atoms with E-state index >= 15 is 0 Å². The number of benzene rings is 2. The van der Waals surface area contributed by atoms with Gasteiger partial charge in [-0.25, -0.2) is 4.98 Å². The Kier molecular flexibility index (Phi) is 4.63. The van der Waals surface area contributed by atoms with Crippen LogP contribution in [0.3, 0.4) is 0 Å². The summed E-state index contributed by atoms with van der Waals surface area (Å²) in [5.74, 6) is 1.28. The van der Waals surface area contributed by atoms with Gasteiger partial charge in [0.25, 0.3) is 5.91 Å². The molecule has 0 atom stereocenters. The lowest BCUT2D eigenvalue weighted by Crippen LogP contribution is -2.12. The van der Waals surface area contributed by atoms with Crippen molar-refractivity contribution in [1.29, 1.82) is 0 Å². The highest BCUT2D eigenvalue weighted by Crippen LogP contribution is 2.30. The van der Waals surface area contributed by atoms with Gasteiger partial charge >= 0.3 is 0 Å². The molecular weight excluding hydrogens is 358 g/mol. The summed E-state index contributed by atoms with van der Waals surface area (Å²) in [5.41, 5.74) is 2.88. The molecule has 140 valence electrons. The lowest BCUT2D eigenvalue weighted by molar-refractivity contribution is 0.102. The van der Waals surface area contributed by atoms with Crippen LogP contribution in [0.25, 0.3) is 22.7 Å². The maximum Gasteiger partial charge on any atom is 0.255 e. The van der Waals surface area contributed by atoms with E-state index in [4.69, 9.17) is 13.9 Å². The zero-order valence-corrected chi connectivity index (χ0v) is 15.3. The van der Waals surface area contributed by atoms with Gasteiger partial charge in [-0.1, -0.05) is 6.07 Å². The van der Waals surface area contributed by atoms with Crippen molar-refractivity contribution in [3.63, 3.8) is 0 Å². The first-order valence-electron chi connectivity index (χ1n) is 8.53. The van der Waals surface area contributed by atoms with Crippen LogP contribution in [-0.4, -0.2) is 30.1 Å². The molecule has 2 aromatic carbocycles. The Bertz CT molecular complexity index is 1120. The Morgan fingerprint density at radius 2 is 1.86 bits per heavy atom. The summed E-state index contributed by atoms with van der Waals surface area (Å²) in [4.78, 5) is 21.2. The van der Waals surface area contributed by atoms with Gasteiger partial charge < -0.3 is 19.2 Å². The molecule has 28 heavy (non-hydrogen) atoms. The van der Waals surface area contributed by atoms with Crippen LogP contribution in [0.15, 0.2) is 65.2 Å². The quantitative estimate of drug-likeness (QED) is 0.564. The molecule has 0 aliphatic rings. The average molecular weight is 375 g/mol. The molecule has 0 aliphatic carbocycles. The number of oxazole rings is 1. The summed E-state index contributed by atoms with van der Waals surface area (Å²) in [6.07, 6.45) is 1.65. The molecule has 0 aliphatic heterocycles. The van der Waals surface area contributed by atoms with E-state index in [1.54, 1.807) is 68.9 Å². The van der Waals surface area contributed by atoms with Crippen LogP contribution >= 0.6 is 0 Å². The molecule has 0 radical (unpaired) electrons. The molecule has 2 heterocycles. The predicted octanol–water partition coefficient (Wildman–Crippen LogP) is 4.16. The molecule has 4 rings (SSSR count). The van der Waals surface area contributed by atoms with Gasteiger partial charge in [-0.3, -0.25) is 4.79 Å². The molecule has 7 nitrogen and oxygen atoms in total. The van der Waals surface area contributed by atoms with E-state index in [-0.39, 0.29) is 5.91 Å². The van der Waals surface area contributed by atoms with Crippen molar-refractivity contribution in [2.24, 2.45) is 0 Å². The van der Waals surface area contributed by atoms with Gasteiger partial charge in [0.15, 0.2) is 22.7 Å². The van der Waals surface area contributed by atoms with Crippen LogP contribution in [0.1, 0.15) is 10.4 Å². The van der Waals surface area contributed by atoms with Gasteiger partial charge in [0.05, 0.1) is 14.2 Å². The third-order valence-electron chi connectivity index (χ3n) is 4.18. The number of methoxy groups -OCH3 is 2. The summed E-state index contributed by atoms with van der Waals surface area (Å²) >= 11 is 0. The number of nitrogens with one attached hydrogen (secondary N) is 1. The van der Waals surface area contributed by atoms with Gasteiger partial charge in [-0.15, -0.1) is 0 Å². The van der Waals surface area contributed by atoms with Crippen LogP contribution in [0, 0.1) is 0 Å². The standard InChI is InChI=1S/C21H17N3O4/c1-26-16-9-8-15(12-18(16)27-2)23-20(25)13-5-3-6-14(11-13)21-24-19-17(28-21)7-4-10-22-19/h3-12H,1-2H3,(H,23,25). The summed E-state index contributed by atoms with van der Waals surface area (Å²) in [6, 6.07) is 15.8. The van der Waals surface area contributed by atoms with Crippen LogP contribution in [-0.2, 0) is 0 Å². The molecule has 4 aromatic rings. The van der Waals surface area contributed by atoms with Gasteiger partial charge in [-0.05, 0) is 42.5 Å². The van der Waals surface area contributed by atoms with E-state index in [0.717, 1.165) is 0 Å². The summed E-state index contributed by atoms with van der Waals surface area (Å²) in [7, 11) is 3.10. The second-order valence-corrected chi connectivity index (χ2v) is 5.95. The van der Waals surface area contributed by atoms with Crippen molar-refractivity contribution in [2.45, 2.75) is 0 Å². The minimum atomic E-state index is -0.261. The lowest BCUT2D eigenvalue weighted by Gasteiger charge is -2.11. The normalized spacial score (nSPS) is 10.6. The highest BCUT2D eigenvalue weighted by atomic mass is 16.5. The molecule has 7 heteroatoms. The van der Waals surface area contributed by atoms with Gasteiger partial charge in [0.2, 0.25) is 5.89 Å². The fourth-order valence-electron chi connectivity index (χ4n) is 2.80. The number of ether oxygens (including phenoxy) is 2. The fourth-order valence-corrected chi connectivity index (χ4v) is 2.80. The van der Waals surface area contributed by atoms with Gasteiger partial charge in [0.1, 0.15) is 0 Å².